The van der Waals surface area contributed by atoms with Crippen molar-refractivity contribution in [3.05, 3.63) is 64.5 Å². The molecular weight excluding hydrogens is 305 g/mol. The normalized spacial score (nSPS) is 11.3. The number of benzene rings is 2. The average Bonchev–Trinajstić information content (AvgIpc) is 2.43. The van der Waals surface area contributed by atoms with Gasteiger partial charge in [-0.25, -0.2) is 17.5 Å². The zero-order valence-corrected chi connectivity index (χ0v) is 13.3. The van der Waals surface area contributed by atoms with Gasteiger partial charge < -0.3 is 0 Å². The van der Waals surface area contributed by atoms with Crippen molar-refractivity contribution in [3.63, 3.8) is 0 Å². The summed E-state index contributed by atoms with van der Waals surface area (Å²) in [6.07, 6.45) is 0. The fraction of sp³-hybridized carbons (Fsp3) is 0.188. The molecule has 4 nitrogen and oxygen atoms in total. The van der Waals surface area contributed by atoms with E-state index in [9.17, 15) is 17.6 Å². The first-order valence-corrected chi connectivity index (χ1v) is 8.09. The summed E-state index contributed by atoms with van der Waals surface area (Å²) in [4.78, 5) is 12.1. The Morgan fingerprint density at radius 1 is 1.00 bits per heavy atom. The molecule has 0 saturated carbocycles. The van der Waals surface area contributed by atoms with E-state index in [4.69, 9.17) is 0 Å². The number of amides is 1. The maximum absolute atomic E-state index is 13.5. The summed E-state index contributed by atoms with van der Waals surface area (Å²) in [5.74, 6) is -1.42. The molecule has 0 unspecified atom stereocenters. The highest BCUT2D eigenvalue weighted by Crippen LogP contribution is 2.17. The van der Waals surface area contributed by atoms with E-state index in [1.165, 1.54) is 18.2 Å². The number of halogens is 1. The maximum Gasteiger partial charge on any atom is 0.265 e. The Morgan fingerprint density at radius 2 is 1.64 bits per heavy atom. The molecule has 0 fully saturated rings. The molecule has 0 saturated heterocycles. The smallest absolute Gasteiger partial charge is 0.265 e. The predicted octanol–water partition coefficient (Wildman–Crippen LogP) is 2.87. The Kier molecular flexibility index (Phi) is 4.32. The summed E-state index contributed by atoms with van der Waals surface area (Å²) < 4.78 is 40.1. The van der Waals surface area contributed by atoms with Crippen LogP contribution in [0.4, 0.5) is 4.39 Å². The first-order valence-electron chi connectivity index (χ1n) is 6.61. The molecule has 6 heteroatoms. The Hall–Kier alpha value is -2.21. The van der Waals surface area contributed by atoms with Gasteiger partial charge in [0.1, 0.15) is 5.82 Å². The van der Waals surface area contributed by atoms with Crippen molar-refractivity contribution in [2.75, 3.05) is 0 Å². The zero-order chi connectivity index (χ0) is 16.5. The first-order chi connectivity index (χ1) is 10.2. The lowest BCUT2D eigenvalue weighted by Crippen LogP contribution is -2.31. The molecule has 0 radical (unpaired) electrons. The largest absolute Gasteiger partial charge is 0.268 e. The van der Waals surface area contributed by atoms with Gasteiger partial charge in [0.05, 0.1) is 4.90 Å². The van der Waals surface area contributed by atoms with E-state index in [1.54, 1.807) is 32.9 Å². The van der Waals surface area contributed by atoms with Gasteiger partial charge in [0.15, 0.2) is 0 Å². The zero-order valence-electron chi connectivity index (χ0n) is 12.5. The quantitative estimate of drug-likeness (QED) is 0.945. The molecule has 0 aromatic heterocycles. The van der Waals surface area contributed by atoms with E-state index in [0.29, 0.717) is 11.1 Å². The van der Waals surface area contributed by atoms with Gasteiger partial charge in [0.2, 0.25) is 0 Å². The summed E-state index contributed by atoms with van der Waals surface area (Å²) in [6, 6.07) is 8.76. The van der Waals surface area contributed by atoms with Crippen LogP contribution in [0.15, 0.2) is 41.3 Å². The number of nitrogens with one attached hydrogen (secondary N) is 1. The summed E-state index contributed by atoms with van der Waals surface area (Å²) in [6.45, 7) is 4.96. The minimum Gasteiger partial charge on any atom is -0.268 e. The molecule has 0 atom stereocenters. The van der Waals surface area contributed by atoms with Crippen molar-refractivity contribution in [1.29, 1.82) is 0 Å². The Labute approximate surface area is 129 Å². The molecule has 2 aromatic carbocycles. The van der Waals surface area contributed by atoms with Gasteiger partial charge in [-0.2, -0.15) is 0 Å². The van der Waals surface area contributed by atoms with Crippen LogP contribution in [-0.4, -0.2) is 14.3 Å². The van der Waals surface area contributed by atoms with Gasteiger partial charge in [-0.1, -0.05) is 18.2 Å². The van der Waals surface area contributed by atoms with E-state index < -0.39 is 21.7 Å². The van der Waals surface area contributed by atoms with E-state index in [1.807, 2.05) is 4.72 Å². The lowest BCUT2D eigenvalue weighted by Gasteiger charge is -2.10. The van der Waals surface area contributed by atoms with E-state index >= 15 is 0 Å². The molecule has 1 N–H and O–H groups in total. The number of rotatable bonds is 3. The molecule has 0 aliphatic carbocycles. The van der Waals surface area contributed by atoms with Crippen molar-refractivity contribution >= 4 is 15.9 Å². The van der Waals surface area contributed by atoms with Crippen LogP contribution >= 0.6 is 0 Å². The van der Waals surface area contributed by atoms with E-state index in [-0.39, 0.29) is 10.5 Å². The lowest BCUT2D eigenvalue weighted by molar-refractivity contribution is 0.0981. The molecule has 22 heavy (non-hydrogen) atoms. The Bertz CT molecular complexity index is 844. The summed E-state index contributed by atoms with van der Waals surface area (Å²) in [5, 5.41) is 0. The molecule has 0 aliphatic rings. The van der Waals surface area contributed by atoms with Crippen molar-refractivity contribution in [1.82, 2.24) is 4.72 Å². The minimum absolute atomic E-state index is 0.0356. The molecule has 2 aromatic rings. The van der Waals surface area contributed by atoms with E-state index in [0.717, 1.165) is 11.6 Å². The predicted molar refractivity (Wildman–Crippen MR) is 81.7 cm³/mol. The fourth-order valence-electron chi connectivity index (χ4n) is 1.97. The summed E-state index contributed by atoms with van der Waals surface area (Å²) >= 11 is 0. The highest BCUT2D eigenvalue weighted by Gasteiger charge is 2.21. The second kappa shape index (κ2) is 5.88. The van der Waals surface area contributed by atoms with Crippen LogP contribution in [0, 0.1) is 26.6 Å². The van der Waals surface area contributed by atoms with Gasteiger partial charge in [-0.3, -0.25) is 4.79 Å². The monoisotopic (exact) mass is 321 g/mol. The van der Waals surface area contributed by atoms with Crippen LogP contribution in [0.5, 0.6) is 0 Å². The third kappa shape index (κ3) is 3.33. The standard InChI is InChI=1S/C16H16FNO3S/c1-10-4-5-12(3)15(8-10)22(20,21)18-16(19)13-7-6-11(2)14(17)9-13/h4-9H,1-3H3,(H,18,19). The molecule has 116 valence electrons. The number of carbonyl (C=O) groups is 1. The first kappa shape index (κ1) is 16.2. The molecule has 2 rings (SSSR count). The Balaban J connectivity index is 2.33. The third-order valence-electron chi connectivity index (χ3n) is 3.29. The maximum atomic E-state index is 13.5. The van der Waals surface area contributed by atoms with Gasteiger partial charge in [-0.05, 0) is 55.7 Å². The van der Waals surface area contributed by atoms with Crippen molar-refractivity contribution in [2.45, 2.75) is 25.7 Å². The molecule has 0 spiro atoms. The van der Waals surface area contributed by atoms with Crippen LogP contribution in [0.25, 0.3) is 0 Å². The number of hydrogen-bond acceptors (Lipinski definition) is 3. The fourth-order valence-corrected chi connectivity index (χ4v) is 3.27. The van der Waals surface area contributed by atoms with Crippen LogP contribution < -0.4 is 4.72 Å². The van der Waals surface area contributed by atoms with Crippen molar-refractivity contribution < 1.29 is 17.6 Å². The van der Waals surface area contributed by atoms with Crippen molar-refractivity contribution in [3.8, 4) is 0 Å². The number of sulfonamides is 1. The van der Waals surface area contributed by atoms with Crippen LogP contribution in [0.1, 0.15) is 27.0 Å². The molecule has 0 heterocycles. The third-order valence-corrected chi connectivity index (χ3v) is 4.77. The van der Waals surface area contributed by atoms with Gasteiger partial charge in [-0.15, -0.1) is 0 Å². The summed E-state index contributed by atoms with van der Waals surface area (Å²) in [7, 11) is -4.01. The highest BCUT2D eigenvalue weighted by atomic mass is 32.2. The lowest BCUT2D eigenvalue weighted by atomic mass is 10.1. The minimum atomic E-state index is -4.01. The molecular formula is C16H16FNO3S. The highest BCUT2D eigenvalue weighted by molar-refractivity contribution is 7.90. The van der Waals surface area contributed by atoms with Crippen LogP contribution in [0.3, 0.4) is 0 Å². The molecule has 0 aliphatic heterocycles. The molecule has 1 amide bonds. The second-order valence-electron chi connectivity index (χ2n) is 5.17. The number of hydrogen-bond donors (Lipinski definition) is 1. The van der Waals surface area contributed by atoms with Crippen molar-refractivity contribution in [2.24, 2.45) is 0 Å². The Morgan fingerprint density at radius 3 is 2.27 bits per heavy atom. The van der Waals surface area contributed by atoms with Gasteiger partial charge >= 0.3 is 0 Å². The average molecular weight is 321 g/mol. The van der Waals surface area contributed by atoms with Gasteiger partial charge in [0, 0.05) is 5.56 Å². The second-order valence-corrected chi connectivity index (χ2v) is 6.82. The van der Waals surface area contributed by atoms with Crippen LogP contribution in [-0.2, 0) is 10.0 Å². The van der Waals surface area contributed by atoms with Gasteiger partial charge in [0.25, 0.3) is 15.9 Å². The topological polar surface area (TPSA) is 63.2 Å². The number of carbonyl (C=O) groups excluding carboxylic acids is 1. The SMILES string of the molecule is Cc1ccc(C)c(S(=O)(=O)NC(=O)c2ccc(C)c(F)c2)c1. The van der Waals surface area contributed by atoms with E-state index in [2.05, 4.69) is 0 Å². The molecule has 0 bridgehead atoms. The number of aryl methyl sites for hydroxylation is 3. The summed E-state index contributed by atoms with van der Waals surface area (Å²) in [5.41, 5.74) is 1.63. The van der Waals surface area contributed by atoms with Crippen LogP contribution in [0.2, 0.25) is 0 Å².